The minimum absolute atomic E-state index is 0.0699. The summed E-state index contributed by atoms with van der Waals surface area (Å²) in [4.78, 5) is 15.6. The van der Waals surface area contributed by atoms with E-state index in [9.17, 15) is 4.79 Å². The van der Waals surface area contributed by atoms with Crippen molar-refractivity contribution in [3.05, 3.63) is 21.4 Å². The first-order valence-corrected chi connectivity index (χ1v) is 6.91. The zero-order valence-electron chi connectivity index (χ0n) is 11.8. The van der Waals surface area contributed by atoms with Gasteiger partial charge in [0.2, 0.25) is 0 Å². The first-order valence-electron chi connectivity index (χ1n) is 6.09. The minimum Gasteiger partial charge on any atom is -0.384 e. The molecule has 0 saturated carbocycles. The molecule has 0 fully saturated rings. The summed E-state index contributed by atoms with van der Waals surface area (Å²) in [7, 11) is 3.95. The molecule has 0 saturated heterocycles. The molecule has 2 N–H and O–H groups in total. The first-order chi connectivity index (χ1) is 8.93. The van der Waals surface area contributed by atoms with Crippen LogP contribution < -0.4 is 5.32 Å². The maximum absolute atomic E-state index is 12.1. The molecule has 1 amide bonds. The molecule has 0 bridgehead atoms. The highest BCUT2D eigenvalue weighted by atomic mass is 32.1. The van der Waals surface area contributed by atoms with Crippen LogP contribution in [-0.2, 0) is 0 Å². The number of aryl methyl sites for hydroxylation is 1. The summed E-state index contributed by atoms with van der Waals surface area (Å²) in [6, 6.07) is 1.93. The number of aliphatic hydroxyl groups is 1. The normalized spacial score (nSPS) is 11.9. The molecule has 1 rings (SSSR count). The Balaban J connectivity index is 2.72. The van der Waals surface area contributed by atoms with Crippen molar-refractivity contribution >= 4 is 17.2 Å². The first kappa shape index (κ1) is 15.7. The second-order valence-corrected chi connectivity index (χ2v) is 5.77. The van der Waals surface area contributed by atoms with Crippen LogP contribution in [0.4, 0.5) is 0 Å². The van der Waals surface area contributed by atoms with Gasteiger partial charge in [-0.3, -0.25) is 4.79 Å². The highest BCUT2D eigenvalue weighted by Crippen LogP contribution is 2.20. The summed E-state index contributed by atoms with van der Waals surface area (Å²) < 4.78 is 0. The van der Waals surface area contributed by atoms with Gasteiger partial charge in [-0.05, 0) is 39.6 Å². The predicted molar refractivity (Wildman–Crippen MR) is 78.5 cm³/mol. The van der Waals surface area contributed by atoms with Crippen LogP contribution in [0.25, 0.3) is 0 Å². The Morgan fingerprint density at radius 1 is 1.58 bits per heavy atom. The minimum atomic E-state index is -0.168. The van der Waals surface area contributed by atoms with Crippen molar-refractivity contribution in [1.29, 1.82) is 0 Å². The third-order valence-electron chi connectivity index (χ3n) is 2.44. The molecule has 0 aromatic carbocycles. The number of carbonyl (C=O) groups is 1. The van der Waals surface area contributed by atoms with Gasteiger partial charge >= 0.3 is 0 Å². The van der Waals surface area contributed by atoms with Crippen molar-refractivity contribution in [3.8, 4) is 11.8 Å². The van der Waals surface area contributed by atoms with Crippen molar-refractivity contribution in [3.63, 3.8) is 0 Å². The van der Waals surface area contributed by atoms with E-state index in [-0.39, 0.29) is 18.6 Å². The predicted octanol–water partition coefficient (Wildman–Crippen LogP) is 1.08. The third-order valence-corrected chi connectivity index (χ3v) is 3.59. The molecule has 4 nitrogen and oxygen atoms in total. The van der Waals surface area contributed by atoms with Gasteiger partial charge in [0.25, 0.3) is 5.91 Å². The van der Waals surface area contributed by atoms with Gasteiger partial charge in [-0.1, -0.05) is 11.8 Å². The number of thiophene rings is 1. The summed E-state index contributed by atoms with van der Waals surface area (Å²) >= 11 is 1.36. The second-order valence-electron chi connectivity index (χ2n) is 4.72. The maximum atomic E-state index is 12.1. The van der Waals surface area contributed by atoms with Crippen LogP contribution in [0.3, 0.4) is 0 Å². The summed E-state index contributed by atoms with van der Waals surface area (Å²) in [6.45, 7) is 4.52. The number of carbonyl (C=O) groups excluding carboxylic acids is 1. The van der Waals surface area contributed by atoms with Crippen molar-refractivity contribution in [2.24, 2.45) is 0 Å². The fourth-order valence-corrected chi connectivity index (χ4v) is 2.68. The van der Waals surface area contributed by atoms with E-state index in [4.69, 9.17) is 5.11 Å². The monoisotopic (exact) mass is 280 g/mol. The quantitative estimate of drug-likeness (QED) is 0.812. The van der Waals surface area contributed by atoms with Gasteiger partial charge in [0.15, 0.2) is 0 Å². The molecule has 0 aliphatic rings. The molecule has 1 atom stereocenters. The number of hydrogen-bond donors (Lipinski definition) is 2. The SMILES string of the molecule is Cc1cc(C(=O)NC(C)CN(C)C)sc1C#CCO. The molecular formula is C14H20N2O2S. The van der Waals surface area contributed by atoms with Gasteiger partial charge in [-0.15, -0.1) is 11.3 Å². The van der Waals surface area contributed by atoms with Crippen LogP contribution in [0, 0.1) is 18.8 Å². The summed E-state index contributed by atoms with van der Waals surface area (Å²) in [5.41, 5.74) is 0.969. The lowest BCUT2D eigenvalue weighted by molar-refractivity contribution is 0.0938. The average molecular weight is 280 g/mol. The van der Waals surface area contributed by atoms with Gasteiger partial charge in [0.05, 0.1) is 9.75 Å². The van der Waals surface area contributed by atoms with Gasteiger partial charge in [-0.25, -0.2) is 0 Å². The van der Waals surface area contributed by atoms with E-state index in [0.717, 1.165) is 17.0 Å². The smallest absolute Gasteiger partial charge is 0.261 e. The standard InChI is InChI=1S/C14H20N2O2S/c1-10-8-13(19-12(10)6-5-7-17)14(18)15-11(2)9-16(3)4/h8,11,17H,7,9H2,1-4H3,(H,15,18). The fraction of sp³-hybridized carbons (Fsp3) is 0.500. The Morgan fingerprint density at radius 2 is 2.26 bits per heavy atom. The van der Waals surface area contributed by atoms with E-state index in [2.05, 4.69) is 17.2 Å². The molecule has 0 radical (unpaired) electrons. The van der Waals surface area contributed by atoms with Gasteiger partial charge in [-0.2, -0.15) is 0 Å². The highest BCUT2D eigenvalue weighted by molar-refractivity contribution is 7.14. The van der Waals surface area contributed by atoms with Crippen LogP contribution >= 0.6 is 11.3 Å². The van der Waals surface area contributed by atoms with Crippen molar-refractivity contribution < 1.29 is 9.90 Å². The zero-order chi connectivity index (χ0) is 14.4. The van der Waals surface area contributed by atoms with Gasteiger partial charge < -0.3 is 15.3 Å². The van der Waals surface area contributed by atoms with E-state index in [1.54, 1.807) is 0 Å². The molecule has 5 heteroatoms. The lowest BCUT2D eigenvalue weighted by atomic mass is 10.2. The number of nitrogens with one attached hydrogen (secondary N) is 1. The molecular weight excluding hydrogens is 260 g/mol. The zero-order valence-corrected chi connectivity index (χ0v) is 12.6. The largest absolute Gasteiger partial charge is 0.384 e. The maximum Gasteiger partial charge on any atom is 0.261 e. The van der Waals surface area contributed by atoms with Crippen LogP contribution in [0.1, 0.15) is 27.0 Å². The lowest BCUT2D eigenvalue weighted by Gasteiger charge is -2.17. The van der Waals surface area contributed by atoms with E-state index < -0.39 is 0 Å². The number of nitrogens with zero attached hydrogens (tertiary/aromatic N) is 1. The van der Waals surface area contributed by atoms with Crippen molar-refractivity contribution in [1.82, 2.24) is 10.2 Å². The third kappa shape index (κ3) is 5.03. The van der Waals surface area contributed by atoms with Crippen molar-refractivity contribution in [2.75, 3.05) is 27.2 Å². The van der Waals surface area contributed by atoms with Crippen LogP contribution in [0.5, 0.6) is 0 Å². The average Bonchev–Trinajstić information content (AvgIpc) is 2.67. The highest BCUT2D eigenvalue weighted by Gasteiger charge is 2.14. The van der Waals surface area contributed by atoms with Gasteiger partial charge in [0.1, 0.15) is 6.61 Å². The van der Waals surface area contributed by atoms with Crippen LogP contribution in [0.2, 0.25) is 0 Å². The summed E-state index contributed by atoms with van der Waals surface area (Å²) in [5.74, 6) is 5.39. The number of aliphatic hydroxyl groups excluding tert-OH is 1. The number of likely N-dealkylation sites (N-methyl/N-ethyl adjacent to an activating group) is 1. The van der Waals surface area contributed by atoms with E-state index in [1.165, 1.54) is 11.3 Å². The Morgan fingerprint density at radius 3 is 2.84 bits per heavy atom. The molecule has 1 aromatic heterocycles. The molecule has 104 valence electrons. The van der Waals surface area contributed by atoms with E-state index in [0.29, 0.717) is 4.88 Å². The summed E-state index contributed by atoms with van der Waals surface area (Å²) in [6.07, 6.45) is 0. The molecule has 1 unspecified atom stereocenters. The van der Waals surface area contributed by atoms with E-state index in [1.807, 2.05) is 38.9 Å². The Bertz CT molecular complexity index is 497. The Hall–Kier alpha value is -1.35. The van der Waals surface area contributed by atoms with Crippen LogP contribution in [0.15, 0.2) is 6.07 Å². The molecule has 1 aromatic rings. The molecule has 19 heavy (non-hydrogen) atoms. The van der Waals surface area contributed by atoms with E-state index >= 15 is 0 Å². The number of hydrogen-bond acceptors (Lipinski definition) is 4. The molecule has 0 spiro atoms. The topological polar surface area (TPSA) is 52.6 Å². The Kier molecular flexibility index (Phi) is 6.03. The molecule has 0 aliphatic heterocycles. The Labute approximate surface area is 118 Å². The van der Waals surface area contributed by atoms with Crippen molar-refractivity contribution in [2.45, 2.75) is 19.9 Å². The second kappa shape index (κ2) is 7.29. The fourth-order valence-electron chi connectivity index (χ4n) is 1.73. The molecule has 0 aliphatic carbocycles. The summed E-state index contributed by atoms with van der Waals surface area (Å²) in [5, 5.41) is 11.6. The molecule has 1 heterocycles. The van der Waals surface area contributed by atoms with Gasteiger partial charge in [0, 0.05) is 12.6 Å². The number of amides is 1. The lowest BCUT2D eigenvalue weighted by Crippen LogP contribution is -2.39. The number of rotatable bonds is 4. The van der Waals surface area contributed by atoms with Crippen LogP contribution in [-0.4, -0.2) is 49.2 Å².